The molecular weight excluding hydrogens is 294 g/mol. The first kappa shape index (κ1) is 17.3. The fourth-order valence-corrected chi connectivity index (χ4v) is 2.50. The molecule has 2 rings (SSSR count). The van der Waals surface area contributed by atoms with Crippen molar-refractivity contribution in [3.63, 3.8) is 0 Å². The summed E-state index contributed by atoms with van der Waals surface area (Å²) in [4.78, 5) is 24.1. The van der Waals surface area contributed by atoms with Crippen molar-refractivity contribution in [3.8, 4) is 0 Å². The number of fused-ring (bicyclic) bond motifs is 1. The molecule has 1 N–H and O–H groups in total. The van der Waals surface area contributed by atoms with Crippen LogP contribution in [0.3, 0.4) is 0 Å². The van der Waals surface area contributed by atoms with E-state index in [1.165, 1.54) is 0 Å². The highest BCUT2D eigenvalue weighted by molar-refractivity contribution is 5.77. The topological polar surface area (TPSA) is 65.3 Å². The van der Waals surface area contributed by atoms with E-state index < -0.39 is 0 Å². The zero-order valence-corrected chi connectivity index (χ0v) is 14.0. The van der Waals surface area contributed by atoms with E-state index in [0.717, 1.165) is 17.5 Å². The van der Waals surface area contributed by atoms with Crippen LogP contribution in [0.15, 0.2) is 29.1 Å². The minimum Gasteiger partial charge on any atom is -0.379 e. The van der Waals surface area contributed by atoms with Crippen LogP contribution in [0.25, 0.3) is 11.0 Å². The number of carbonyl (C=O) groups excluding carboxylic acids is 1. The van der Waals surface area contributed by atoms with Gasteiger partial charge >= 0.3 is 5.69 Å². The number of para-hydroxylation sites is 2. The zero-order valence-electron chi connectivity index (χ0n) is 14.0. The number of imidazole rings is 1. The van der Waals surface area contributed by atoms with Gasteiger partial charge in [-0.1, -0.05) is 12.1 Å². The second-order valence-electron chi connectivity index (χ2n) is 5.85. The molecular formula is C17H25N3O3. The van der Waals surface area contributed by atoms with Gasteiger partial charge in [0, 0.05) is 33.2 Å². The summed E-state index contributed by atoms with van der Waals surface area (Å²) in [5.74, 6) is -0.0469. The number of ether oxygens (including phenoxy) is 1. The van der Waals surface area contributed by atoms with Gasteiger partial charge in [-0.15, -0.1) is 0 Å². The highest BCUT2D eigenvalue weighted by atomic mass is 16.5. The van der Waals surface area contributed by atoms with Crippen LogP contribution in [0.5, 0.6) is 0 Å². The van der Waals surface area contributed by atoms with Gasteiger partial charge in [0.25, 0.3) is 0 Å². The molecule has 1 heterocycles. The number of hydrogen-bond acceptors (Lipinski definition) is 3. The Morgan fingerprint density at radius 2 is 1.96 bits per heavy atom. The van der Waals surface area contributed by atoms with Crippen LogP contribution in [0.1, 0.15) is 26.7 Å². The zero-order chi connectivity index (χ0) is 16.8. The summed E-state index contributed by atoms with van der Waals surface area (Å²) in [5.41, 5.74) is 1.64. The molecule has 0 radical (unpaired) electrons. The van der Waals surface area contributed by atoms with Gasteiger partial charge in [0.1, 0.15) is 0 Å². The molecule has 0 spiro atoms. The Bertz CT molecular complexity index is 715. The lowest BCUT2D eigenvalue weighted by molar-refractivity contribution is -0.121. The van der Waals surface area contributed by atoms with Crippen LogP contribution >= 0.6 is 0 Å². The largest absolute Gasteiger partial charge is 0.379 e. The lowest BCUT2D eigenvalue weighted by Gasteiger charge is -2.08. The molecule has 0 aliphatic carbocycles. The summed E-state index contributed by atoms with van der Waals surface area (Å²) in [7, 11) is 1.75. The SMILES string of the molecule is CC(C)OCCCNC(=O)CCn1c(=O)n(C)c2ccccc21. The maximum Gasteiger partial charge on any atom is 0.328 e. The lowest BCUT2D eigenvalue weighted by Crippen LogP contribution is -2.29. The van der Waals surface area contributed by atoms with Gasteiger partial charge in [-0.3, -0.25) is 13.9 Å². The molecule has 1 amide bonds. The quantitative estimate of drug-likeness (QED) is 0.753. The Kier molecular flexibility index (Phi) is 5.98. The molecule has 23 heavy (non-hydrogen) atoms. The molecule has 0 saturated carbocycles. The fraction of sp³-hybridized carbons (Fsp3) is 0.529. The first-order valence-corrected chi connectivity index (χ1v) is 8.03. The van der Waals surface area contributed by atoms with Gasteiger partial charge in [-0.2, -0.15) is 0 Å². The van der Waals surface area contributed by atoms with Crippen LogP contribution in [-0.2, 0) is 23.1 Å². The van der Waals surface area contributed by atoms with Crippen LogP contribution in [0.2, 0.25) is 0 Å². The predicted octanol–water partition coefficient (Wildman–Crippen LogP) is 1.66. The average molecular weight is 319 g/mol. The highest BCUT2D eigenvalue weighted by Gasteiger charge is 2.11. The first-order valence-electron chi connectivity index (χ1n) is 8.03. The van der Waals surface area contributed by atoms with Gasteiger partial charge in [0.05, 0.1) is 17.1 Å². The number of nitrogens with one attached hydrogen (secondary N) is 1. The Morgan fingerprint density at radius 1 is 1.26 bits per heavy atom. The molecule has 0 saturated heterocycles. The van der Waals surface area contributed by atoms with Crippen molar-refractivity contribution in [1.29, 1.82) is 0 Å². The van der Waals surface area contributed by atoms with E-state index in [0.29, 0.717) is 26.1 Å². The predicted molar refractivity (Wildman–Crippen MR) is 90.5 cm³/mol. The van der Waals surface area contributed by atoms with Crippen LogP contribution < -0.4 is 11.0 Å². The number of aromatic nitrogens is 2. The summed E-state index contributed by atoms with van der Waals surface area (Å²) in [5, 5.41) is 2.86. The van der Waals surface area contributed by atoms with Crippen molar-refractivity contribution in [1.82, 2.24) is 14.5 Å². The van der Waals surface area contributed by atoms with E-state index in [9.17, 15) is 9.59 Å². The van der Waals surface area contributed by atoms with Crippen LogP contribution in [0.4, 0.5) is 0 Å². The van der Waals surface area contributed by atoms with E-state index in [-0.39, 0.29) is 17.7 Å². The van der Waals surface area contributed by atoms with Crippen molar-refractivity contribution < 1.29 is 9.53 Å². The van der Waals surface area contributed by atoms with E-state index in [1.807, 2.05) is 38.1 Å². The average Bonchev–Trinajstić information content (AvgIpc) is 2.77. The molecule has 2 aromatic rings. The summed E-state index contributed by atoms with van der Waals surface area (Å²) < 4.78 is 8.68. The Morgan fingerprint density at radius 3 is 2.65 bits per heavy atom. The summed E-state index contributed by atoms with van der Waals surface area (Å²) in [6.45, 7) is 5.59. The number of hydrogen-bond donors (Lipinski definition) is 1. The Balaban J connectivity index is 1.85. The van der Waals surface area contributed by atoms with Crippen molar-refractivity contribution in [2.45, 2.75) is 39.3 Å². The third-order valence-corrected chi connectivity index (χ3v) is 3.71. The molecule has 0 bridgehead atoms. The van der Waals surface area contributed by atoms with Crippen molar-refractivity contribution in [2.24, 2.45) is 7.05 Å². The first-order chi connectivity index (χ1) is 11.0. The second kappa shape index (κ2) is 7.97. The maximum absolute atomic E-state index is 12.2. The fourth-order valence-electron chi connectivity index (χ4n) is 2.50. The van der Waals surface area contributed by atoms with Crippen LogP contribution in [0, 0.1) is 0 Å². The smallest absolute Gasteiger partial charge is 0.328 e. The molecule has 0 aliphatic rings. The molecule has 0 atom stereocenters. The molecule has 0 fully saturated rings. The van der Waals surface area contributed by atoms with E-state index in [4.69, 9.17) is 4.74 Å². The number of aryl methyl sites for hydroxylation is 2. The molecule has 6 heteroatoms. The minimum atomic E-state index is -0.0932. The van der Waals surface area contributed by atoms with Gasteiger partial charge in [0.2, 0.25) is 5.91 Å². The van der Waals surface area contributed by atoms with Gasteiger partial charge in [-0.05, 0) is 32.4 Å². The van der Waals surface area contributed by atoms with Crippen molar-refractivity contribution in [2.75, 3.05) is 13.2 Å². The summed E-state index contributed by atoms with van der Waals surface area (Å²) >= 11 is 0. The number of rotatable bonds is 8. The molecule has 6 nitrogen and oxygen atoms in total. The monoisotopic (exact) mass is 319 g/mol. The standard InChI is InChI=1S/C17H25N3O3/c1-13(2)23-12-6-10-18-16(21)9-11-20-15-8-5-4-7-14(15)19(3)17(20)22/h4-5,7-8,13H,6,9-12H2,1-3H3,(H,18,21). The highest BCUT2D eigenvalue weighted by Crippen LogP contribution is 2.11. The van der Waals surface area contributed by atoms with E-state index in [2.05, 4.69) is 5.32 Å². The lowest BCUT2D eigenvalue weighted by atomic mass is 10.3. The molecule has 1 aromatic heterocycles. The molecule has 0 aliphatic heterocycles. The Labute approximate surface area is 136 Å². The van der Waals surface area contributed by atoms with Crippen molar-refractivity contribution >= 4 is 16.9 Å². The van der Waals surface area contributed by atoms with E-state index in [1.54, 1.807) is 16.2 Å². The number of carbonyl (C=O) groups is 1. The summed E-state index contributed by atoms with van der Waals surface area (Å²) in [6.07, 6.45) is 1.29. The number of amides is 1. The number of benzene rings is 1. The van der Waals surface area contributed by atoms with E-state index >= 15 is 0 Å². The summed E-state index contributed by atoms with van der Waals surface area (Å²) in [6, 6.07) is 7.60. The molecule has 0 unspecified atom stereocenters. The Hall–Kier alpha value is -2.08. The maximum atomic E-state index is 12.2. The van der Waals surface area contributed by atoms with Gasteiger partial charge in [-0.25, -0.2) is 4.79 Å². The third-order valence-electron chi connectivity index (χ3n) is 3.71. The van der Waals surface area contributed by atoms with Gasteiger partial charge < -0.3 is 10.1 Å². The second-order valence-corrected chi connectivity index (χ2v) is 5.85. The number of nitrogens with zero attached hydrogens (tertiary/aromatic N) is 2. The normalized spacial score (nSPS) is 11.3. The molecule has 1 aromatic carbocycles. The third kappa shape index (κ3) is 4.45. The minimum absolute atomic E-state index is 0.0469. The van der Waals surface area contributed by atoms with Crippen LogP contribution in [-0.4, -0.2) is 34.3 Å². The van der Waals surface area contributed by atoms with Gasteiger partial charge in [0.15, 0.2) is 0 Å². The van der Waals surface area contributed by atoms with Crippen molar-refractivity contribution in [3.05, 3.63) is 34.7 Å². The molecule has 126 valence electrons.